The number of nitrogens with one attached hydrogen (secondary N) is 2. The summed E-state index contributed by atoms with van der Waals surface area (Å²) >= 11 is 1.17. The van der Waals surface area contributed by atoms with Crippen LogP contribution in [0.2, 0.25) is 0 Å². The summed E-state index contributed by atoms with van der Waals surface area (Å²) in [6, 6.07) is 16.5. The summed E-state index contributed by atoms with van der Waals surface area (Å²) in [6.45, 7) is 7.52. The molecule has 0 saturated heterocycles. The molecule has 0 spiro atoms. The number of rotatable bonds is 11. The van der Waals surface area contributed by atoms with Crippen molar-refractivity contribution >= 4 is 40.9 Å². The number of nitrogens with zero attached hydrogens (tertiary/aromatic N) is 4. The standard InChI is InChI=1S/C30H30N6O6S/c1-5-42-29(39)21-11-13-23(14-12-21)32-27(37)17-43-30-34-33-26(35(30)24-8-6-7-18(2)20(24)4)16-31-28(38)22-10-9-19(3)25(15-22)36(40)41/h6-15H,5,16-17H2,1-4H3,(H,31,38)(H,32,37). The van der Waals surface area contributed by atoms with Crippen LogP contribution in [-0.4, -0.2) is 49.8 Å². The van der Waals surface area contributed by atoms with Crippen molar-refractivity contribution < 1.29 is 24.0 Å². The fraction of sp³-hybridized carbons (Fsp3) is 0.233. The highest BCUT2D eigenvalue weighted by Gasteiger charge is 2.20. The Morgan fingerprint density at radius 1 is 0.977 bits per heavy atom. The number of esters is 1. The van der Waals surface area contributed by atoms with Crippen molar-refractivity contribution in [3.63, 3.8) is 0 Å². The third-order valence-electron chi connectivity index (χ3n) is 6.60. The van der Waals surface area contributed by atoms with Crippen LogP contribution in [0, 0.1) is 30.9 Å². The quantitative estimate of drug-likeness (QED) is 0.105. The maximum atomic E-state index is 12.9. The molecule has 1 heterocycles. The van der Waals surface area contributed by atoms with Gasteiger partial charge in [-0.3, -0.25) is 24.3 Å². The zero-order valence-corrected chi connectivity index (χ0v) is 24.9. The Hall–Kier alpha value is -5.04. The molecule has 13 heteroatoms. The molecular weight excluding hydrogens is 572 g/mol. The maximum Gasteiger partial charge on any atom is 0.338 e. The number of carbonyl (C=O) groups excluding carboxylic acids is 3. The van der Waals surface area contributed by atoms with Gasteiger partial charge in [-0.15, -0.1) is 10.2 Å². The summed E-state index contributed by atoms with van der Waals surface area (Å²) in [7, 11) is 0. The Bertz CT molecular complexity index is 1690. The second-order valence-electron chi connectivity index (χ2n) is 9.53. The third kappa shape index (κ3) is 7.43. The van der Waals surface area contributed by atoms with Crippen LogP contribution in [0.25, 0.3) is 5.69 Å². The third-order valence-corrected chi connectivity index (χ3v) is 7.53. The smallest absolute Gasteiger partial charge is 0.338 e. The monoisotopic (exact) mass is 602 g/mol. The number of thioether (sulfide) groups is 1. The number of anilines is 1. The van der Waals surface area contributed by atoms with Gasteiger partial charge < -0.3 is 15.4 Å². The minimum atomic E-state index is -0.526. The maximum absolute atomic E-state index is 12.9. The number of carbonyl (C=O) groups is 3. The lowest BCUT2D eigenvalue weighted by molar-refractivity contribution is -0.385. The predicted octanol–water partition coefficient (Wildman–Crippen LogP) is 4.94. The van der Waals surface area contributed by atoms with Gasteiger partial charge in [-0.25, -0.2) is 4.79 Å². The van der Waals surface area contributed by atoms with Crippen LogP contribution in [-0.2, 0) is 16.1 Å². The van der Waals surface area contributed by atoms with E-state index in [9.17, 15) is 24.5 Å². The van der Waals surface area contributed by atoms with Crippen LogP contribution in [0.3, 0.4) is 0 Å². The lowest BCUT2D eigenvalue weighted by atomic mass is 10.1. The van der Waals surface area contributed by atoms with Gasteiger partial charge >= 0.3 is 5.97 Å². The first-order valence-electron chi connectivity index (χ1n) is 13.3. The highest BCUT2D eigenvalue weighted by Crippen LogP contribution is 2.26. The SMILES string of the molecule is CCOC(=O)c1ccc(NC(=O)CSc2nnc(CNC(=O)c3ccc(C)c([N+](=O)[O-])c3)n2-c2cccc(C)c2C)cc1. The first-order chi connectivity index (χ1) is 20.6. The van der Waals surface area contributed by atoms with Crippen LogP contribution in [0.4, 0.5) is 11.4 Å². The second-order valence-corrected chi connectivity index (χ2v) is 10.5. The Morgan fingerprint density at radius 2 is 1.70 bits per heavy atom. The van der Waals surface area contributed by atoms with E-state index in [4.69, 9.17) is 4.74 Å². The van der Waals surface area contributed by atoms with Crippen LogP contribution < -0.4 is 10.6 Å². The fourth-order valence-electron chi connectivity index (χ4n) is 4.17. The number of aromatic nitrogens is 3. The van der Waals surface area contributed by atoms with Crippen molar-refractivity contribution in [2.45, 2.75) is 39.4 Å². The van der Waals surface area contributed by atoms with Crippen molar-refractivity contribution in [3.8, 4) is 5.69 Å². The molecule has 0 saturated carbocycles. The van der Waals surface area contributed by atoms with Crippen molar-refractivity contribution in [2.24, 2.45) is 0 Å². The zero-order valence-electron chi connectivity index (χ0n) is 24.0. The lowest BCUT2D eigenvalue weighted by Gasteiger charge is -2.15. The molecule has 0 fully saturated rings. The van der Waals surface area contributed by atoms with E-state index >= 15 is 0 Å². The Morgan fingerprint density at radius 3 is 2.40 bits per heavy atom. The average molecular weight is 603 g/mol. The van der Waals surface area contributed by atoms with Crippen molar-refractivity contribution in [1.82, 2.24) is 20.1 Å². The molecule has 3 aromatic carbocycles. The number of aryl methyl sites for hydroxylation is 2. The lowest BCUT2D eigenvalue weighted by Crippen LogP contribution is -2.25. The Labute approximate surface area is 252 Å². The number of amides is 2. The first-order valence-corrected chi connectivity index (χ1v) is 14.3. The van der Waals surface area contributed by atoms with E-state index in [1.165, 1.54) is 30.0 Å². The van der Waals surface area contributed by atoms with Crippen LogP contribution >= 0.6 is 11.8 Å². The van der Waals surface area contributed by atoms with E-state index in [1.54, 1.807) is 42.7 Å². The minimum Gasteiger partial charge on any atom is -0.462 e. The van der Waals surface area contributed by atoms with Gasteiger partial charge in [0.1, 0.15) is 0 Å². The zero-order chi connectivity index (χ0) is 31.1. The number of nitro benzene ring substituents is 1. The van der Waals surface area contributed by atoms with Gasteiger partial charge in [0.05, 0.1) is 35.1 Å². The molecular formula is C30H30N6O6S. The second kappa shape index (κ2) is 13.7. The number of hydrogen-bond acceptors (Lipinski definition) is 9. The molecule has 12 nitrogen and oxygen atoms in total. The number of nitro groups is 1. The van der Waals surface area contributed by atoms with Crippen molar-refractivity contribution in [3.05, 3.63) is 104 Å². The molecule has 0 radical (unpaired) electrons. The predicted molar refractivity (Wildman–Crippen MR) is 162 cm³/mol. The van der Waals surface area contributed by atoms with Gasteiger partial charge in [-0.2, -0.15) is 0 Å². The molecule has 0 unspecified atom stereocenters. The van der Waals surface area contributed by atoms with E-state index < -0.39 is 16.8 Å². The van der Waals surface area contributed by atoms with Gasteiger partial charge in [-0.1, -0.05) is 30.0 Å². The Kier molecular flexibility index (Phi) is 9.88. The van der Waals surface area contributed by atoms with Crippen LogP contribution in [0.15, 0.2) is 65.8 Å². The highest BCUT2D eigenvalue weighted by molar-refractivity contribution is 7.99. The molecule has 0 aliphatic heterocycles. The molecule has 0 aliphatic rings. The molecule has 0 aliphatic carbocycles. The van der Waals surface area contributed by atoms with Crippen LogP contribution in [0.5, 0.6) is 0 Å². The molecule has 222 valence electrons. The van der Waals surface area contributed by atoms with Crippen molar-refractivity contribution in [1.29, 1.82) is 0 Å². The van der Waals surface area contributed by atoms with Crippen molar-refractivity contribution in [2.75, 3.05) is 17.7 Å². The largest absolute Gasteiger partial charge is 0.462 e. The average Bonchev–Trinajstić information content (AvgIpc) is 3.39. The fourth-order valence-corrected chi connectivity index (χ4v) is 4.93. The molecule has 4 rings (SSSR count). The molecule has 1 aromatic heterocycles. The highest BCUT2D eigenvalue weighted by atomic mass is 32.2. The van der Waals surface area contributed by atoms with E-state index in [0.29, 0.717) is 27.8 Å². The van der Waals surface area contributed by atoms with Gasteiger partial charge in [0.25, 0.3) is 11.6 Å². The number of benzene rings is 3. The molecule has 2 N–H and O–H groups in total. The van der Waals surface area contributed by atoms with E-state index in [2.05, 4.69) is 20.8 Å². The summed E-state index contributed by atoms with van der Waals surface area (Å²) in [5.74, 6) is -0.793. The number of ether oxygens (including phenoxy) is 1. The summed E-state index contributed by atoms with van der Waals surface area (Å²) in [5.41, 5.74) is 4.17. The normalized spacial score (nSPS) is 10.7. The van der Waals surface area contributed by atoms with E-state index in [0.717, 1.165) is 16.8 Å². The minimum absolute atomic E-state index is 0.0134. The first kappa shape index (κ1) is 30.9. The van der Waals surface area contributed by atoms with Gasteiger partial charge in [0, 0.05) is 22.9 Å². The molecule has 0 bridgehead atoms. The molecule has 43 heavy (non-hydrogen) atoms. The summed E-state index contributed by atoms with van der Waals surface area (Å²) in [6.07, 6.45) is 0. The number of hydrogen-bond donors (Lipinski definition) is 2. The molecule has 2 amide bonds. The molecule has 0 atom stereocenters. The summed E-state index contributed by atoms with van der Waals surface area (Å²) in [4.78, 5) is 48.3. The summed E-state index contributed by atoms with van der Waals surface area (Å²) < 4.78 is 6.76. The molecule has 4 aromatic rings. The van der Waals surface area contributed by atoms with E-state index in [1.807, 2.05) is 32.0 Å². The van der Waals surface area contributed by atoms with E-state index in [-0.39, 0.29) is 36.1 Å². The van der Waals surface area contributed by atoms with Gasteiger partial charge in [-0.05, 0) is 75.2 Å². The topological polar surface area (TPSA) is 158 Å². The van der Waals surface area contributed by atoms with Crippen LogP contribution in [0.1, 0.15) is 50.2 Å². The Balaban J connectivity index is 1.51. The van der Waals surface area contributed by atoms with Gasteiger partial charge in [0.2, 0.25) is 5.91 Å². The summed E-state index contributed by atoms with van der Waals surface area (Å²) in [5, 5.41) is 25.9. The van der Waals surface area contributed by atoms with Gasteiger partial charge in [0.15, 0.2) is 11.0 Å².